The summed E-state index contributed by atoms with van der Waals surface area (Å²) >= 11 is 12.8. The summed E-state index contributed by atoms with van der Waals surface area (Å²) in [6.45, 7) is 6.57. The average Bonchev–Trinajstić information content (AvgIpc) is 2.62. The highest BCUT2D eigenvalue weighted by Gasteiger charge is 2.10. The second-order valence-electron chi connectivity index (χ2n) is 6.64. The summed E-state index contributed by atoms with van der Waals surface area (Å²) in [4.78, 5) is 4.55. The van der Waals surface area contributed by atoms with Crippen LogP contribution < -0.4 is 4.74 Å². The Morgan fingerprint density at radius 2 is 1.48 bits per heavy atom. The molecule has 0 N–H and O–H groups in total. The van der Waals surface area contributed by atoms with E-state index in [9.17, 15) is 0 Å². The lowest BCUT2D eigenvalue weighted by molar-refractivity contribution is 0.306. The van der Waals surface area contributed by atoms with Crippen LogP contribution >= 0.6 is 23.2 Å². The maximum absolute atomic E-state index is 6.39. The van der Waals surface area contributed by atoms with E-state index in [1.54, 1.807) is 6.21 Å². The number of ether oxygens (including phenoxy) is 1. The maximum Gasteiger partial charge on any atom is 0.157 e. The van der Waals surface area contributed by atoms with Gasteiger partial charge in [0.25, 0.3) is 0 Å². The van der Waals surface area contributed by atoms with Gasteiger partial charge in [-0.3, -0.25) is 4.99 Å². The number of benzene rings is 3. The first-order chi connectivity index (χ1) is 12.9. The van der Waals surface area contributed by atoms with Gasteiger partial charge in [-0.15, -0.1) is 0 Å². The molecular weight excluding hydrogens is 377 g/mol. The van der Waals surface area contributed by atoms with Crippen LogP contribution in [0.2, 0.25) is 10.0 Å². The molecule has 0 radical (unpaired) electrons. The van der Waals surface area contributed by atoms with Crippen LogP contribution in [0, 0.1) is 20.8 Å². The van der Waals surface area contributed by atoms with Gasteiger partial charge in [0.05, 0.1) is 15.7 Å². The number of aliphatic imine (C=N–C) groups is 1. The molecule has 0 aromatic heterocycles. The second kappa shape index (κ2) is 8.60. The van der Waals surface area contributed by atoms with Crippen LogP contribution in [0.25, 0.3) is 0 Å². The van der Waals surface area contributed by atoms with Gasteiger partial charge in [0.1, 0.15) is 6.61 Å². The van der Waals surface area contributed by atoms with Gasteiger partial charge in [-0.2, -0.15) is 0 Å². The molecule has 138 valence electrons. The highest BCUT2D eigenvalue weighted by Crippen LogP contribution is 2.34. The zero-order chi connectivity index (χ0) is 19.4. The van der Waals surface area contributed by atoms with Crippen LogP contribution in [0.4, 0.5) is 5.69 Å². The summed E-state index contributed by atoms with van der Waals surface area (Å²) in [5.74, 6) is 0.488. The van der Waals surface area contributed by atoms with E-state index in [0.717, 1.165) is 22.4 Å². The van der Waals surface area contributed by atoms with Gasteiger partial charge in [0.2, 0.25) is 0 Å². The van der Waals surface area contributed by atoms with Gasteiger partial charge in [0.15, 0.2) is 5.75 Å². The van der Waals surface area contributed by atoms with E-state index in [2.05, 4.69) is 37.0 Å². The Morgan fingerprint density at radius 1 is 0.852 bits per heavy atom. The van der Waals surface area contributed by atoms with E-state index in [-0.39, 0.29) is 0 Å². The van der Waals surface area contributed by atoms with Gasteiger partial charge in [-0.05, 0) is 55.7 Å². The summed E-state index contributed by atoms with van der Waals surface area (Å²) in [5, 5.41) is 0.938. The second-order valence-corrected chi connectivity index (χ2v) is 7.45. The van der Waals surface area contributed by atoms with Crippen molar-refractivity contribution in [2.75, 3.05) is 0 Å². The molecule has 0 saturated heterocycles. The molecule has 0 fully saturated rings. The van der Waals surface area contributed by atoms with Crippen molar-refractivity contribution in [3.63, 3.8) is 0 Å². The van der Waals surface area contributed by atoms with Gasteiger partial charge >= 0.3 is 0 Å². The summed E-state index contributed by atoms with van der Waals surface area (Å²) < 4.78 is 5.84. The molecule has 2 nitrogen and oxygen atoms in total. The van der Waals surface area contributed by atoms with Crippen molar-refractivity contribution in [1.82, 2.24) is 0 Å². The number of halogens is 2. The van der Waals surface area contributed by atoms with Crippen molar-refractivity contribution in [3.8, 4) is 5.75 Å². The van der Waals surface area contributed by atoms with E-state index in [1.165, 1.54) is 11.1 Å². The SMILES string of the molecule is Cc1ccc(COc2c(Cl)cc(C=Nc3ccc(C)cc3C)cc2Cl)cc1. The number of hydrogen-bond acceptors (Lipinski definition) is 2. The van der Waals surface area contributed by atoms with Crippen LogP contribution in [0.15, 0.2) is 59.6 Å². The van der Waals surface area contributed by atoms with Crippen molar-refractivity contribution in [3.05, 3.63) is 92.5 Å². The van der Waals surface area contributed by atoms with Crippen LogP contribution in [-0.2, 0) is 6.61 Å². The third kappa shape index (κ3) is 5.12. The summed E-state index contributed by atoms with van der Waals surface area (Å²) in [5.41, 5.74) is 6.37. The number of nitrogens with zero attached hydrogens (tertiary/aromatic N) is 1. The maximum atomic E-state index is 6.39. The summed E-state index contributed by atoms with van der Waals surface area (Å²) in [6, 6.07) is 17.9. The van der Waals surface area contributed by atoms with E-state index in [1.807, 2.05) is 43.3 Å². The molecule has 27 heavy (non-hydrogen) atoms. The van der Waals surface area contributed by atoms with E-state index < -0.39 is 0 Å². The summed E-state index contributed by atoms with van der Waals surface area (Å²) in [6.07, 6.45) is 1.76. The third-order valence-corrected chi connectivity index (χ3v) is 4.79. The monoisotopic (exact) mass is 397 g/mol. The zero-order valence-corrected chi connectivity index (χ0v) is 17.1. The Hall–Kier alpha value is -2.29. The molecule has 3 aromatic carbocycles. The molecular formula is C23H21Cl2NO. The fourth-order valence-electron chi connectivity index (χ4n) is 2.73. The molecule has 0 aliphatic rings. The smallest absolute Gasteiger partial charge is 0.157 e. The minimum absolute atomic E-state index is 0.412. The van der Waals surface area contributed by atoms with Gasteiger partial charge < -0.3 is 4.74 Å². The van der Waals surface area contributed by atoms with Crippen LogP contribution in [0.5, 0.6) is 5.75 Å². The Kier molecular flexibility index (Phi) is 6.20. The minimum Gasteiger partial charge on any atom is -0.486 e. The highest BCUT2D eigenvalue weighted by molar-refractivity contribution is 6.37. The summed E-state index contributed by atoms with van der Waals surface area (Å²) in [7, 11) is 0. The van der Waals surface area contributed by atoms with Gasteiger partial charge in [-0.25, -0.2) is 0 Å². The Labute approximate surface area is 170 Å². The fourth-order valence-corrected chi connectivity index (χ4v) is 3.34. The predicted octanol–water partition coefficient (Wildman–Crippen LogP) is 7.25. The van der Waals surface area contributed by atoms with Gasteiger partial charge in [0, 0.05) is 6.21 Å². The van der Waals surface area contributed by atoms with Crippen molar-refractivity contribution in [1.29, 1.82) is 0 Å². The minimum atomic E-state index is 0.412. The topological polar surface area (TPSA) is 21.6 Å². The van der Waals surface area contributed by atoms with E-state index in [0.29, 0.717) is 22.4 Å². The molecule has 0 aliphatic heterocycles. The molecule has 0 heterocycles. The molecule has 0 spiro atoms. The predicted molar refractivity (Wildman–Crippen MR) is 115 cm³/mol. The molecule has 0 unspecified atom stereocenters. The first-order valence-electron chi connectivity index (χ1n) is 8.71. The van der Waals surface area contributed by atoms with Crippen molar-refractivity contribution in [2.45, 2.75) is 27.4 Å². The van der Waals surface area contributed by atoms with Crippen molar-refractivity contribution in [2.24, 2.45) is 4.99 Å². The first-order valence-corrected chi connectivity index (χ1v) is 9.46. The van der Waals surface area contributed by atoms with E-state index in [4.69, 9.17) is 27.9 Å². The quantitative estimate of drug-likeness (QED) is 0.415. The van der Waals surface area contributed by atoms with E-state index >= 15 is 0 Å². The third-order valence-electron chi connectivity index (χ3n) is 4.23. The van der Waals surface area contributed by atoms with Crippen LogP contribution in [-0.4, -0.2) is 6.21 Å². The Bertz CT molecular complexity index is 955. The average molecular weight is 398 g/mol. The lowest BCUT2D eigenvalue weighted by Crippen LogP contribution is -1.97. The van der Waals surface area contributed by atoms with Gasteiger partial charge in [-0.1, -0.05) is 70.7 Å². The number of aryl methyl sites for hydroxylation is 3. The zero-order valence-electron chi connectivity index (χ0n) is 15.6. The van der Waals surface area contributed by atoms with Crippen LogP contribution in [0.1, 0.15) is 27.8 Å². The number of rotatable bonds is 5. The molecule has 3 aromatic rings. The largest absolute Gasteiger partial charge is 0.486 e. The lowest BCUT2D eigenvalue weighted by atomic mass is 10.1. The fraction of sp³-hybridized carbons (Fsp3) is 0.174. The first kappa shape index (κ1) is 19.5. The molecule has 0 atom stereocenters. The Balaban J connectivity index is 1.75. The number of hydrogen-bond donors (Lipinski definition) is 0. The molecule has 0 aliphatic carbocycles. The molecule has 0 bridgehead atoms. The normalized spacial score (nSPS) is 11.1. The molecule has 3 rings (SSSR count). The molecule has 4 heteroatoms. The van der Waals surface area contributed by atoms with Crippen LogP contribution in [0.3, 0.4) is 0 Å². The standard InChI is InChI=1S/C23H21Cl2NO/c1-15-4-7-18(8-5-15)14-27-23-20(24)11-19(12-21(23)25)13-26-22-9-6-16(2)10-17(22)3/h4-13H,14H2,1-3H3. The Morgan fingerprint density at radius 3 is 2.11 bits per heavy atom. The lowest BCUT2D eigenvalue weighted by Gasteiger charge is -2.11. The highest BCUT2D eigenvalue weighted by atomic mass is 35.5. The molecule has 0 saturated carbocycles. The van der Waals surface area contributed by atoms with Crippen molar-refractivity contribution < 1.29 is 4.74 Å². The van der Waals surface area contributed by atoms with Crippen molar-refractivity contribution >= 4 is 35.1 Å². The molecule has 0 amide bonds.